The molecule has 0 radical (unpaired) electrons. The number of ether oxygens (including phenoxy) is 1. The summed E-state index contributed by atoms with van der Waals surface area (Å²) in [7, 11) is 0. The second-order valence-electron chi connectivity index (χ2n) is 6.08. The van der Waals surface area contributed by atoms with Crippen LogP contribution in [0.1, 0.15) is 12.3 Å². The first-order chi connectivity index (χ1) is 13.8. The molecule has 1 heterocycles. The van der Waals surface area contributed by atoms with Crippen LogP contribution in [0.2, 0.25) is 5.02 Å². The number of carbonyl (C=O) groups is 1. The molecule has 152 valence electrons. The van der Waals surface area contributed by atoms with Crippen LogP contribution in [0, 0.1) is 0 Å². The van der Waals surface area contributed by atoms with Crippen molar-refractivity contribution in [2.75, 3.05) is 11.9 Å². The molecule has 0 spiro atoms. The molecule has 0 saturated heterocycles. The predicted molar refractivity (Wildman–Crippen MR) is 102 cm³/mol. The van der Waals surface area contributed by atoms with E-state index in [4.69, 9.17) is 16.0 Å². The summed E-state index contributed by atoms with van der Waals surface area (Å²) in [5.41, 5.74) is 1.03. The fourth-order valence-electron chi connectivity index (χ4n) is 2.48. The van der Waals surface area contributed by atoms with Crippen molar-refractivity contribution in [1.29, 1.82) is 0 Å². The van der Waals surface area contributed by atoms with Crippen molar-refractivity contribution < 1.29 is 27.1 Å². The summed E-state index contributed by atoms with van der Waals surface area (Å²) in [5, 5.41) is 3.13. The summed E-state index contributed by atoms with van der Waals surface area (Å²) >= 11 is 6.12. The van der Waals surface area contributed by atoms with Gasteiger partial charge in [-0.2, -0.15) is 13.2 Å². The maximum absolute atomic E-state index is 12.2. The lowest BCUT2D eigenvalue weighted by atomic mass is 10.2. The Morgan fingerprint density at radius 1 is 1.17 bits per heavy atom. The van der Waals surface area contributed by atoms with E-state index in [1.165, 1.54) is 24.4 Å². The first-order valence-corrected chi connectivity index (χ1v) is 8.97. The topological polar surface area (TPSA) is 64.4 Å². The molecule has 0 atom stereocenters. The van der Waals surface area contributed by atoms with Crippen molar-refractivity contribution in [3.8, 4) is 17.1 Å². The van der Waals surface area contributed by atoms with Gasteiger partial charge in [-0.3, -0.25) is 4.79 Å². The average molecular weight is 425 g/mol. The lowest BCUT2D eigenvalue weighted by Crippen LogP contribution is -2.19. The highest BCUT2D eigenvalue weighted by atomic mass is 35.5. The van der Waals surface area contributed by atoms with E-state index in [-0.39, 0.29) is 24.5 Å². The van der Waals surface area contributed by atoms with Crippen molar-refractivity contribution in [2.24, 2.45) is 0 Å². The SMILES string of the molecule is O=C(CCc1ncc(-c2ccccc2Cl)o1)Nc1cccc(OCC(F)(F)F)c1. The number of alkyl halides is 3. The minimum atomic E-state index is -4.43. The highest BCUT2D eigenvalue weighted by molar-refractivity contribution is 6.33. The number of carbonyl (C=O) groups excluding carboxylic acids is 1. The number of benzene rings is 2. The minimum Gasteiger partial charge on any atom is -0.484 e. The van der Waals surface area contributed by atoms with Crippen LogP contribution in [0.4, 0.5) is 18.9 Å². The van der Waals surface area contributed by atoms with Gasteiger partial charge < -0.3 is 14.5 Å². The highest BCUT2D eigenvalue weighted by Gasteiger charge is 2.28. The normalized spacial score (nSPS) is 11.3. The third kappa shape index (κ3) is 6.25. The van der Waals surface area contributed by atoms with Gasteiger partial charge in [-0.05, 0) is 24.3 Å². The molecule has 3 rings (SSSR count). The van der Waals surface area contributed by atoms with Crippen molar-refractivity contribution in [1.82, 2.24) is 4.98 Å². The second-order valence-corrected chi connectivity index (χ2v) is 6.49. The van der Waals surface area contributed by atoms with Crippen LogP contribution in [0.25, 0.3) is 11.3 Å². The van der Waals surface area contributed by atoms with Gasteiger partial charge in [-0.25, -0.2) is 4.98 Å². The number of aryl methyl sites for hydroxylation is 1. The van der Waals surface area contributed by atoms with E-state index in [2.05, 4.69) is 15.0 Å². The molecule has 0 fully saturated rings. The second kappa shape index (κ2) is 9.00. The van der Waals surface area contributed by atoms with E-state index in [1.54, 1.807) is 24.3 Å². The largest absolute Gasteiger partial charge is 0.484 e. The number of amides is 1. The first kappa shape index (κ1) is 20.7. The third-order valence-electron chi connectivity index (χ3n) is 3.78. The van der Waals surface area contributed by atoms with Crippen LogP contribution in [-0.4, -0.2) is 23.7 Å². The van der Waals surface area contributed by atoms with Crippen LogP contribution in [0.5, 0.6) is 5.75 Å². The maximum Gasteiger partial charge on any atom is 0.422 e. The van der Waals surface area contributed by atoms with E-state index in [9.17, 15) is 18.0 Å². The Balaban J connectivity index is 1.54. The summed E-state index contributed by atoms with van der Waals surface area (Å²) in [6, 6.07) is 12.9. The van der Waals surface area contributed by atoms with Crippen molar-refractivity contribution in [3.05, 3.63) is 65.6 Å². The Bertz CT molecular complexity index is 989. The van der Waals surface area contributed by atoms with E-state index in [0.29, 0.717) is 27.9 Å². The van der Waals surface area contributed by atoms with Gasteiger partial charge >= 0.3 is 6.18 Å². The summed E-state index contributed by atoms with van der Waals surface area (Å²) in [6.07, 6.45) is -2.56. The Hall–Kier alpha value is -3.00. The summed E-state index contributed by atoms with van der Waals surface area (Å²) in [5.74, 6) is 0.547. The van der Waals surface area contributed by atoms with Crippen LogP contribution in [0.3, 0.4) is 0 Å². The number of anilines is 1. The Morgan fingerprint density at radius 3 is 2.72 bits per heavy atom. The quantitative estimate of drug-likeness (QED) is 0.543. The number of nitrogens with zero attached hydrogens (tertiary/aromatic N) is 1. The molecular formula is C20H16ClF3N2O3. The van der Waals surface area contributed by atoms with E-state index in [1.807, 2.05) is 6.07 Å². The molecule has 2 aromatic carbocycles. The standard InChI is InChI=1S/C20H16ClF3N2O3/c21-16-7-2-1-6-15(16)17-11-25-19(29-17)9-8-18(27)26-13-4-3-5-14(10-13)28-12-20(22,23)24/h1-7,10-11H,8-9,12H2,(H,26,27). The van der Waals surface area contributed by atoms with Gasteiger partial charge in [0.25, 0.3) is 0 Å². The zero-order chi connectivity index (χ0) is 20.9. The van der Waals surface area contributed by atoms with Gasteiger partial charge in [-0.1, -0.05) is 29.8 Å². The van der Waals surface area contributed by atoms with Gasteiger partial charge in [0.1, 0.15) is 5.75 Å². The zero-order valence-corrected chi connectivity index (χ0v) is 15.8. The number of aromatic nitrogens is 1. The van der Waals surface area contributed by atoms with Crippen LogP contribution in [-0.2, 0) is 11.2 Å². The molecule has 0 aliphatic carbocycles. The Labute approximate surface area is 169 Å². The number of halogens is 4. The first-order valence-electron chi connectivity index (χ1n) is 8.59. The average Bonchev–Trinajstić information content (AvgIpc) is 3.14. The minimum absolute atomic E-state index is 0.0113. The molecular weight excluding hydrogens is 409 g/mol. The summed E-state index contributed by atoms with van der Waals surface area (Å²) in [6.45, 7) is -1.40. The van der Waals surface area contributed by atoms with Gasteiger partial charge in [0.2, 0.25) is 5.91 Å². The zero-order valence-electron chi connectivity index (χ0n) is 15.0. The van der Waals surface area contributed by atoms with Gasteiger partial charge in [0.15, 0.2) is 18.3 Å². The molecule has 29 heavy (non-hydrogen) atoms. The molecule has 0 unspecified atom stereocenters. The fourth-order valence-corrected chi connectivity index (χ4v) is 2.71. The molecule has 0 saturated carbocycles. The fraction of sp³-hybridized carbons (Fsp3) is 0.200. The van der Waals surface area contributed by atoms with Crippen molar-refractivity contribution >= 4 is 23.2 Å². The maximum atomic E-state index is 12.2. The van der Waals surface area contributed by atoms with E-state index >= 15 is 0 Å². The van der Waals surface area contributed by atoms with Crippen molar-refractivity contribution in [3.63, 3.8) is 0 Å². The molecule has 1 N–H and O–H groups in total. The number of rotatable bonds is 7. The molecule has 3 aromatic rings. The third-order valence-corrected chi connectivity index (χ3v) is 4.11. The van der Waals surface area contributed by atoms with E-state index in [0.717, 1.165) is 0 Å². The molecule has 5 nitrogen and oxygen atoms in total. The van der Waals surface area contributed by atoms with Gasteiger partial charge in [-0.15, -0.1) is 0 Å². The molecule has 0 aliphatic rings. The summed E-state index contributed by atoms with van der Waals surface area (Å²) < 4.78 is 47.0. The molecule has 0 aliphatic heterocycles. The Kier molecular flexibility index (Phi) is 6.43. The number of hydrogen-bond acceptors (Lipinski definition) is 4. The lowest BCUT2D eigenvalue weighted by Gasteiger charge is -2.10. The monoisotopic (exact) mass is 424 g/mol. The van der Waals surface area contributed by atoms with E-state index < -0.39 is 12.8 Å². The van der Waals surface area contributed by atoms with Crippen LogP contribution in [0.15, 0.2) is 59.1 Å². The molecule has 9 heteroatoms. The van der Waals surface area contributed by atoms with Gasteiger partial charge in [0, 0.05) is 30.2 Å². The summed E-state index contributed by atoms with van der Waals surface area (Å²) in [4.78, 5) is 16.3. The molecule has 1 amide bonds. The number of oxazole rings is 1. The molecule has 0 bridgehead atoms. The lowest BCUT2D eigenvalue weighted by molar-refractivity contribution is -0.153. The van der Waals surface area contributed by atoms with Crippen LogP contribution >= 0.6 is 11.6 Å². The van der Waals surface area contributed by atoms with Crippen molar-refractivity contribution in [2.45, 2.75) is 19.0 Å². The number of hydrogen-bond donors (Lipinski definition) is 1. The predicted octanol–water partition coefficient (Wildman–Crippen LogP) is 5.51. The Morgan fingerprint density at radius 2 is 1.97 bits per heavy atom. The highest BCUT2D eigenvalue weighted by Crippen LogP contribution is 2.28. The smallest absolute Gasteiger partial charge is 0.422 e. The molecule has 1 aromatic heterocycles. The van der Waals surface area contributed by atoms with Crippen LogP contribution < -0.4 is 10.1 Å². The number of nitrogens with one attached hydrogen (secondary N) is 1. The van der Waals surface area contributed by atoms with Gasteiger partial charge in [0.05, 0.1) is 11.2 Å².